The van der Waals surface area contributed by atoms with E-state index in [-0.39, 0.29) is 24.2 Å². The highest BCUT2D eigenvalue weighted by Crippen LogP contribution is 2.16. The largest absolute Gasteiger partial charge is 0.431 e. The summed E-state index contributed by atoms with van der Waals surface area (Å²) in [6.07, 6.45) is -2.61. The molecule has 1 aromatic heterocycles. The van der Waals surface area contributed by atoms with Gasteiger partial charge in [0, 0.05) is 12.6 Å². The SMILES string of the molecule is CS(=O)(=O)Nc1nc(C(=O)NC(Cc2cc(F)cc(F)c2)C(O)C(O)CC(=O)NCc2ccccc2)co1. The number of halogens is 2. The van der Waals surface area contributed by atoms with E-state index in [2.05, 4.69) is 15.6 Å². The molecule has 0 radical (unpaired) electrons. The molecule has 3 rings (SSSR count). The molecule has 3 aromatic rings. The number of benzene rings is 2. The van der Waals surface area contributed by atoms with Crippen molar-refractivity contribution < 1.29 is 41.4 Å². The Bertz CT molecular complexity index is 1350. The molecule has 3 atom stereocenters. The summed E-state index contributed by atoms with van der Waals surface area (Å²) in [4.78, 5) is 28.7. The standard InChI is InChI=1S/C24H26F2N4O7S/c1-38(35,36)30-24-29-19(13-37-24)23(34)28-18(9-15-7-16(25)10-17(26)8-15)22(33)20(31)11-21(32)27-12-14-5-3-2-4-6-14/h2-8,10,13,18,20,22,31,33H,9,11-12H2,1H3,(H,27,32)(H,28,34)(H,29,30). The smallest absolute Gasteiger partial charge is 0.309 e. The van der Waals surface area contributed by atoms with Crippen LogP contribution in [0.1, 0.15) is 28.0 Å². The molecule has 0 saturated heterocycles. The minimum absolute atomic E-state index is 0.0483. The van der Waals surface area contributed by atoms with E-state index in [4.69, 9.17) is 4.42 Å². The number of rotatable bonds is 12. The van der Waals surface area contributed by atoms with Gasteiger partial charge in [0.2, 0.25) is 15.9 Å². The quantitative estimate of drug-likeness (QED) is 0.222. The van der Waals surface area contributed by atoms with Crippen LogP contribution in [0.2, 0.25) is 0 Å². The topological polar surface area (TPSA) is 171 Å². The first-order valence-corrected chi connectivity index (χ1v) is 13.1. The molecule has 3 unspecified atom stereocenters. The van der Waals surface area contributed by atoms with Crippen molar-refractivity contribution >= 4 is 27.9 Å². The van der Waals surface area contributed by atoms with Crippen LogP contribution in [0.5, 0.6) is 0 Å². The van der Waals surface area contributed by atoms with Crippen molar-refractivity contribution in [1.29, 1.82) is 0 Å². The molecular formula is C24H26F2N4O7S. The van der Waals surface area contributed by atoms with Gasteiger partial charge in [0.25, 0.3) is 5.91 Å². The van der Waals surface area contributed by atoms with Gasteiger partial charge in [-0.2, -0.15) is 4.98 Å². The van der Waals surface area contributed by atoms with Crippen LogP contribution in [0.25, 0.3) is 0 Å². The fraction of sp³-hybridized carbons (Fsp3) is 0.292. The van der Waals surface area contributed by atoms with Crippen molar-refractivity contribution in [3.05, 3.63) is 83.2 Å². The Balaban J connectivity index is 1.72. The Morgan fingerprint density at radius 3 is 2.34 bits per heavy atom. The second kappa shape index (κ2) is 12.6. The van der Waals surface area contributed by atoms with Gasteiger partial charge in [-0.1, -0.05) is 30.3 Å². The molecular weight excluding hydrogens is 526 g/mol. The number of hydrogen-bond donors (Lipinski definition) is 5. The number of carbonyl (C=O) groups excluding carboxylic acids is 2. The lowest BCUT2D eigenvalue weighted by Crippen LogP contribution is -2.50. The van der Waals surface area contributed by atoms with E-state index in [1.807, 2.05) is 10.8 Å². The van der Waals surface area contributed by atoms with Crippen LogP contribution in [0, 0.1) is 11.6 Å². The summed E-state index contributed by atoms with van der Waals surface area (Å²) >= 11 is 0. The number of anilines is 1. The first kappa shape index (κ1) is 28.7. The molecule has 14 heteroatoms. The maximum Gasteiger partial charge on any atom is 0.309 e. The highest BCUT2D eigenvalue weighted by Gasteiger charge is 2.31. The molecule has 0 bridgehead atoms. The Labute approximate surface area is 216 Å². The summed E-state index contributed by atoms with van der Waals surface area (Å²) in [7, 11) is -3.74. The summed E-state index contributed by atoms with van der Waals surface area (Å²) in [6.45, 7) is 0.182. The molecule has 0 aliphatic heterocycles. The lowest BCUT2D eigenvalue weighted by molar-refractivity contribution is -0.125. The molecule has 204 valence electrons. The van der Waals surface area contributed by atoms with Crippen molar-refractivity contribution in [3.8, 4) is 0 Å². The maximum atomic E-state index is 13.7. The minimum atomic E-state index is -3.74. The van der Waals surface area contributed by atoms with Gasteiger partial charge in [-0.05, 0) is 29.7 Å². The van der Waals surface area contributed by atoms with Crippen molar-refractivity contribution in [3.63, 3.8) is 0 Å². The normalized spacial score (nSPS) is 13.8. The first-order valence-electron chi connectivity index (χ1n) is 11.3. The van der Waals surface area contributed by atoms with Gasteiger partial charge in [0.05, 0.1) is 24.8 Å². The molecule has 0 saturated carbocycles. The van der Waals surface area contributed by atoms with Crippen molar-refractivity contribution in [1.82, 2.24) is 15.6 Å². The average molecular weight is 553 g/mol. The number of sulfonamides is 1. The van der Waals surface area contributed by atoms with Gasteiger partial charge < -0.3 is 25.3 Å². The average Bonchev–Trinajstić information content (AvgIpc) is 3.29. The van der Waals surface area contributed by atoms with Crippen LogP contribution < -0.4 is 15.4 Å². The highest BCUT2D eigenvalue weighted by atomic mass is 32.2. The van der Waals surface area contributed by atoms with Gasteiger partial charge in [0.1, 0.15) is 24.0 Å². The van der Waals surface area contributed by atoms with Crippen LogP contribution in [0.3, 0.4) is 0 Å². The number of hydrogen-bond acceptors (Lipinski definition) is 8. The van der Waals surface area contributed by atoms with E-state index in [0.717, 1.165) is 30.2 Å². The van der Waals surface area contributed by atoms with Crippen LogP contribution in [0.4, 0.5) is 14.8 Å². The fourth-order valence-electron chi connectivity index (χ4n) is 3.51. The van der Waals surface area contributed by atoms with Gasteiger partial charge in [-0.15, -0.1) is 0 Å². The third kappa shape index (κ3) is 8.90. The monoisotopic (exact) mass is 552 g/mol. The van der Waals surface area contributed by atoms with Crippen molar-refractivity contribution in [2.24, 2.45) is 0 Å². The molecule has 38 heavy (non-hydrogen) atoms. The number of oxazole rings is 1. The zero-order valence-electron chi connectivity index (χ0n) is 20.1. The van der Waals surface area contributed by atoms with E-state index in [1.54, 1.807) is 24.3 Å². The molecule has 1 heterocycles. The first-order chi connectivity index (χ1) is 17.9. The van der Waals surface area contributed by atoms with Crippen molar-refractivity contribution in [2.45, 2.75) is 37.6 Å². The summed E-state index contributed by atoms with van der Waals surface area (Å²) < 4.78 is 57.0. The van der Waals surface area contributed by atoms with E-state index < -0.39 is 64.2 Å². The third-order valence-corrected chi connectivity index (χ3v) is 5.78. The Morgan fingerprint density at radius 2 is 1.71 bits per heavy atom. The molecule has 0 aliphatic carbocycles. The molecule has 2 aromatic carbocycles. The number of amides is 2. The second-order valence-electron chi connectivity index (χ2n) is 8.50. The van der Waals surface area contributed by atoms with Gasteiger partial charge in [0.15, 0.2) is 5.69 Å². The van der Waals surface area contributed by atoms with Gasteiger partial charge in [-0.3, -0.25) is 9.59 Å². The Hall–Kier alpha value is -3.88. The van der Waals surface area contributed by atoms with E-state index in [1.165, 1.54) is 0 Å². The fourth-order valence-corrected chi connectivity index (χ4v) is 3.92. The molecule has 0 spiro atoms. The highest BCUT2D eigenvalue weighted by molar-refractivity contribution is 7.91. The summed E-state index contributed by atoms with van der Waals surface area (Å²) in [5.41, 5.74) is 0.479. The molecule has 0 fully saturated rings. The minimum Gasteiger partial charge on any atom is -0.431 e. The van der Waals surface area contributed by atoms with E-state index >= 15 is 0 Å². The van der Waals surface area contributed by atoms with E-state index in [0.29, 0.717) is 6.07 Å². The second-order valence-corrected chi connectivity index (χ2v) is 10.2. The third-order valence-electron chi connectivity index (χ3n) is 5.24. The summed E-state index contributed by atoms with van der Waals surface area (Å²) in [5, 5.41) is 26.3. The summed E-state index contributed by atoms with van der Waals surface area (Å²) in [5.74, 6) is -3.32. The zero-order valence-corrected chi connectivity index (χ0v) is 20.9. The Morgan fingerprint density at radius 1 is 1.05 bits per heavy atom. The van der Waals surface area contributed by atoms with Crippen molar-refractivity contribution in [2.75, 3.05) is 11.0 Å². The maximum absolute atomic E-state index is 13.7. The van der Waals surface area contributed by atoms with Crippen LogP contribution >= 0.6 is 0 Å². The Kier molecular flexibility index (Phi) is 9.50. The van der Waals surface area contributed by atoms with E-state index in [9.17, 15) is 37.0 Å². The number of aliphatic hydroxyl groups is 2. The number of carbonyl (C=O) groups is 2. The molecule has 5 N–H and O–H groups in total. The molecule has 0 aliphatic rings. The van der Waals surface area contributed by atoms with Gasteiger partial charge >= 0.3 is 6.01 Å². The van der Waals surface area contributed by atoms with Crippen LogP contribution in [-0.4, -0.2) is 59.9 Å². The number of aromatic nitrogens is 1. The van der Waals surface area contributed by atoms with Crippen LogP contribution in [-0.2, 0) is 27.8 Å². The van der Waals surface area contributed by atoms with Crippen LogP contribution in [0.15, 0.2) is 59.2 Å². The molecule has 2 amide bonds. The number of nitrogens with one attached hydrogen (secondary N) is 3. The lowest BCUT2D eigenvalue weighted by atomic mass is 9.95. The predicted molar refractivity (Wildman–Crippen MR) is 131 cm³/mol. The summed E-state index contributed by atoms with van der Waals surface area (Å²) in [6, 6.07) is 9.75. The molecule has 11 nitrogen and oxygen atoms in total. The number of nitrogens with zero attached hydrogens (tertiary/aromatic N) is 1. The lowest BCUT2D eigenvalue weighted by Gasteiger charge is -2.27. The van der Waals surface area contributed by atoms with Gasteiger partial charge in [-0.25, -0.2) is 21.9 Å². The zero-order chi connectivity index (χ0) is 27.9. The number of aliphatic hydroxyl groups excluding tert-OH is 2. The predicted octanol–water partition coefficient (Wildman–Crippen LogP) is 1.09.